The lowest BCUT2D eigenvalue weighted by Gasteiger charge is -2.05. The molecule has 3 aromatic rings. The van der Waals surface area contributed by atoms with Crippen molar-refractivity contribution in [1.82, 2.24) is 14.9 Å². The highest BCUT2D eigenvalue weighted by Crippen LogP contribution is 2.36. The number of H-pyrrole nitrogens is 1. The van der Waals surface area contributed by atoms with E-state index in [1.165, 1.54) is 30.1 Å². The highest BCUT2D eigenvalue weighted by atomic mass is 35.5. The van der Waals surface area contributed by atoms with E-state index in [4.69, 9.17) is 28.6 Å². The van der Waals surface area contributed by atoms with Gasteiger partial charge < -0.3 is 9.84 Å². The van der Waals surface area contributed by atoms with E-state index in [1.807, 2.05) is 0 Å². The molecule has 1 aromatic heterocycles. The predicted octanol–water partition coefficient (Wildman–Crippen LogP) is 3.77. The number of nitro benzene ring substituents is 1. The number of benzene rings is 2. The van der Waals surface area contributed by atoms with E-state index in [9.17, 15) is 15.2 Å². The molecule has 0 aliphatic heterocycles. The Hall–Kier alpha value is -3.24. The van der Waals surface area contributed by atoms with Crippen LogP contribution in [0.25, 0.3) is 11.4 Å². The van der Waals surface area contributed by atoms with Gasteiger partial charge in [-0.25, -0.2) is 5.10 Å². The van der Waals surface area contributed by atoms with Gasteiger partial charge in [-0.2, -0.15) is 14.9 Å². The third-order valence-corrected chi connectivity index (χ3v) is 4.05. The number of phenols is 1. The summed E-state index contributed by atoms with van der Waals surface area (Å²) in [5.74, 6) is -0.185. The summed E-state index contributed by atoms with van der Waals surface area (Å²) < 4.78 is 6.54. The molecule has 0 saturated heterocycles. The SMILES string of the molecule is COc1cc(/C=N\n2c(-c3cccc(Cl)c3)n[nH]c2=S)cc([N+](=O)[O-])c1O. The van der Waals surface area contributed by atoms with E-state index in [-0.39, 0.29) is 10.5 Å². The fourth-order valence-corrected chi connectivity index (χ4v) is 2.69. The maximum absolute atomic E-state index is 11.1. The molecule has 0 unspecified atom stereocenters. The van der Waals surface area contributed by atoms with Crippen LogP contribution in [0.3, 0.4) is 0 Å². The number of ether oxygens (including phenoxy) is 1. The fraction of sp³-hybridized carbons (Fsp3) is 0.0625. The second-order valence-corrected chi connectivity index (χ2v) is 6.09. The number of halogens is 1. The fourth-order valence-electron chi connectivity index (χ4n) is 2.32. The molecule has 1 heterocycles. The van der Waals surface area contributed by atoms with Crippen LogP contribution in [0.2, 0.25) is 5.02 Å². The molecule has 0 amide bonds. The van der Waals surface area contributed by atoms with Crippen LogP contribution in [0.15, 0.2) is 41.5 Å². The molecule has 0 bridgehead atoms. The van der Waals surface area contributed by atoms with Gasteiger partial charge in [0, 0.05) is 22.2 Å². The quantitative estimate of drug-likeness (QED) is 0.288. The number of aromatic hydroxyl groups is 1. The number of hydrogen-bond donors (Lipinski definition) is 2. The maximum atomic E-state index is 11.1. The number of hydrogen-bond acceptors (Lipinski definition) is 7. The average Bonchev–Trinajstić information content (AvgIpc) is 3.01. The van der Waals surface area contributed by atoms with E-state index >= 15 is 0 Å². The Bertz CT molecular complexity index is 1110. The molecule has 9 nitrogen and oxygen atoms in total. The Kier molecular flexibility index (Phi) is 5.19. The van der Waals surface area contributed by atoms with Crippen molar-refractivity contribution in [3.63, 3.8) is 0 Å². The molecule has 0 fully saturated rings. The summed E-state index contributed by atoms with van der Waals surface area (Å²) in [4.78, 5) is 10.4. The highest BCUT2D eigenvalue weighted by molar-refractivity contribution is 7.71. The minimum Gasteiger partial charge on any atom is -0.500 e. The van der Waals surface area contributed by atoms with E-state index in [0.29, 0.717) is 22.0 Å². The minimum atomic E-state index is -0.712. The van der Waals surface area contributed by atoms with Crippen molar-refractivity contribution >= 4 is 35.7 Å². The van der Waals surface area contributed by atoms with Crippen molar-refractivity contribution in [2.24, 2.45) is 5.10 Å². The molecule has 0 aliphatic carbocycles. The van der Waals surface area contributed by atoms with Gasteiger partial charge in [0.15, 0.2) is 11.6 Å². The van der Waals surface area contributed by atoms with Gasteiger partial charge in [-0.3, -0.25) is 10.1 Å². The van der Waals surface area contributed by atoms with Crippen LogP contribution in [-0.2, 0) is 0 Å². The topological polar surface area (TPSA) is 119 Å². The van der Waals surface area contributed by atoms with Gasteiger partial charge in [0.25, 0.3) is 0 Å². The first kappa shape index (κ1) is 18.5. The van der Waals surface area contributed by atoms with Crippen molar-refractivity contribution in [2.75, 3.05) is 7.11 Å². The molecule has 2 N–H and O–H groups in total. The Morgan fingerprint density at radius 3 is 2.89 bits per heavy atom. The summed E-state index contributed by atoms with van der Waals surface area (Å²) in [5, 5.41) is 32.5. The van der Waals surface area contributed by atoms with Crippen LogP contribution in [0.5, 0.6) is 11.5 Å². The summed E-state index contributed by atoms with van der Waals surface area (Å²) in [6.45, 7) is 0. The van der Waals surface area contributed by atoms with Crippen molar-refractivity contribution in [2.45, 2.75) is 0 Å². The minimum absolute atomic E-state index is 0.0449. The van der Waals surface area contributed by atoms with Crippen LogP contribution >= 0.6 is 23.8 Å². The van der Waals surface area contributed by atoms with Crippen molar-refractivity contribution in [3.05, 3.63) is 61.9 Å². The Balaban J connectivity index is 2.05. The summed E-state index contributed by atoms with van der Waals surface area (Å²) in [5.41, 5.74) is 0.513. The average molecular weight is 406 g/mol. The molecule has 0 atom stereocenters. The molecule has 138 valence electrons. The molecular formula is C16H12ClN5O4S. The molecule has 0 radical (unpaired) electrons. The third-order valence-electron chi connectivity index (χ3n) is 3.55. The van der Waals surface area contributed by atoms with Crippen LogP contribution in [0.1, 0.15) is 5.56 Å². The van der Waals surface area contributed by atoms with E-state index in [2.05, 4.69) is 15.3 Å². The Morgan fingerprint density at radius 1 is 1.44 bits per heavy atom. The lowest BCUT2D eigenvalue weighted by atomic mass is 10.2. The first-order valence-corrected chi connectivity index (χ1v) is 8.22. The summed E-state index contributed by atoms with van der Waals surface area (Å²) >= 11 is 11.2. The van der Waals surface area contributed by atoms with Crippen LogP contribution in [0.4, 0.5) is 5.69 Å². The summed E-state index contributed by atoms with van der Waals surface area (Å²) in [6, 6.07) is 9.56. The highest BCUT2D eigenvalue weighted by Gasteiger charge is 2.19. The molecule has 0 spiro atoms. The zero-order chi connectivity index (χ0) is 19.6. The van der Waals surface area contributed by atoms with Gasteiger partial charge >= 0.3 is 5.69 Å². The van der Waals surface area contributed by atoms with Gasteiger partial charge in [0.1, 0.15) is 0 Å². The number of aromatic nitrogens is 3. The molecule has 3 rings (SSSR count). The second-order valence-electron chi connectivity index (χ2n) is 5.27. The zero-order valence-corrected chi connectivity index (χ0v) is 15.4. The van der Waals surface area contributed by atoms with Crippen molar-refractivity contribution in [3.8, 4) is 22.9 Å². The van der Waals surface area contributed by atoms with Crippen molar-refractivity contribution in [1.29, 1.82) is 0 Å². The number of rotatable bonds is 5. The number of aromatic amines is 1. The van der Waals surface area contributed by atoms with Crippen LogP contribution in [-0.4, -0.2) is 38.2 Å². The van der Waals surface area contributed by atoms with Crippen LogP contribution < -0.4 is 4.74 Å². The number of nitro groups is 1. The number of phenolic OH excluding ortho intramolecular Hbond substituents is 1. The molecular weight excluding hydrogens is 394 g/mol. The lowest BCUT2D eigenvalue weighted by molar-refractivity contribution is -0.386. The third kappa shape index (κ3) is 3.81. The Morgan fingerprint density at radius 2 is 2.22 bits per heavy atom. The largest absolute Gasteiger partial charge is 0.500 e. The summed E-state index contributed by atoms with van der Waals surface area (Å²) in [6.07, 6.45) is 1.34. The van der Waals surface area contributed by atoms with Crippen molar-refractivity contribution < 1.29 is 14.8 Å². The monoisotopic (exact) mass is 405 g/mol. The van der Waals surface area contributed by atoms with Gasteiger partial charge in [-0.05, 0) is 30.4 Å². The molecule has 11 heteroatoms. The summed E-state index contributed by atoms with van der Waals surface area (Å²) in [7, 11) is 1.29. The van der Waals surface area contributed by atoms with E-state index in [0.717, 1.165) is 0 Å². The molecule has 2 aromatic carbocycles. The number of methoxy groups -OCH3 is 1. The first-order chi connectivity index (χ1) is 12.9. The molecule has 27 heavy (non-hydrogen) atoms. The molecule has 0 aliphatic rings. The van der Waals surface area contributed by atoms with Gasteiger partial charge in [0.2, 0.25) is 10.5 Å². The maximum Gasteiger partial charge on any atom is 0.315 e. The van der Waals surface area contributed by atoms with E-state index in [1.54, 1.807) is 24.3 Å². The zero-order valence-electron chi connectivity index (χ0n) is 13.8. The number of nitrogens with one attached hydrogen (secondary N) is 1. The first-order valence-electron chi connectivity index (χ1n) is 7.44. The van der Waals surface area contributed by atoms with Gasteiger partial charge in [0.05, 0.1) is 18.2 Å². The molecule has 0 saturated carbocycles. The number of nitrogens with zero attached hydrogens (tertiary/aromatic N) is 4. The normalized spacial score (nSPS) is 11.0. The predicted molar refractivity (Wildman–Crippen MR) is 102 cm³/mol. The standard InChI is InChI=1S/C16H12ClN5O4S/c1-26-13-6-9(5-12(14(13)23)22(24)25)8-18-21-15(19-20-16(21)27)10-3-2-4-11(17)7-10/h2-8,23H,1H3,(H,20,27)/b18-8-. The Labute approximate surface area is 162 Å². The smallest absolute Gasteiger partial charge is 0.315 e. The lowest BCUT2D eigenvalue weighted by Crippen LogP contribution is -1.97. The van der Waals surface area contributed by atoms with Gasteiger partial charge in [-0.15, -0.1) is 0 Å². The van der Waals surface area contributed by atoms with Gasteiger partial charge in [-0.1, -0.05) is 23.7 Å². The van der Waals surface area contributed by atoms with Crippen LogP contribution in [0, 0.1) is 14.9 Å². The second kappa shape index (κ2) is 7.56. The van der Waals surface area contributed by atoms with E-state index < -0.39 is 16.4 Å².